The van der Waals surface area contributed by atoms with Gasteiger partial charge >= 0.3 is 0 Å². The van der Waals surface area contributed by atoms with Gasteiger partial charge in [0, 0.05) is 11.3 Å². The highest BCUT2D eigenvalue weighted by atomic mass is 35.5. The standard InChI is InChI=1S/C6H11ClO2/c1-6(2,4-8)5(9)3-7/h4-5,9H,3H2,1-2H3. The van der Waals surface area contributed by atoms with Gasteiger partial charge in [-0.25, -0.2) is 0 Å². The highest BCUT2D eigenvalue weighted by molar-refractivity contribution is 6.18. The molecule has 0 radical (unpaired) electrons. The van der Waals surface area contributed by atoms with Gasteiger partial charge in [-0.2, -0.15) is 0 Å². The third-order valence-electron chi connectivity index (χ3n) is 1.31. The predicted molar refractivity (Wildman–Crippen MR) is 36.6 cm³/mol. The van der Waals surface area contributed by atoms with E-state index in [0.717, 1.165) is 0 Å². The number of rotatable bonds is 3. The van der Waals surface area contributed by atoms with Crippen LogP contribution in [-0.2, 0) is 4.79 Å². The zero-order valence-corrected chi connectivity index (χ0v) is 6.35. The molecule has 0 spiro atoms. The summed E-state index contributed by atoms with van der Waals surface area (Å²) in [4.78, 5) is 10.2. The average molecular weight is 151 g/mol. The second kappa shape index (κ2) is 3.18. The SMILES string of the molecule is CC(C)(C=O)C(O)CCl. The van der Waals surface area contributed by atoms with E-state index in [-0.39, 0.29) is 5.88 Å². The minimum atomic E-state index is -0.739. The number of hydrogen-bond donors (Lipinski definition) is 1. The molecule has 0 fully saturated rings. The van der Waals surface area contributed by atoms with Gasteiger partial charge in [-0.15, -0.1) is 11.6 Å². The fourth-order valence-corrected chi connectivity index (χ4v) is 0.675. The number of halogens is 1. The fourth-order valence-electron chi connectivity index (χ4n) is 0.277. The Kier molecular flexibility index (Phi) is 3.15. The molecule has 0 saturated heterocycles. The number of aliphatic hydroxyl groups excluding tert-OH is 1. The molecule has 0 aliphatic carbocycles. The van der Waals surface area contributed by atoms with Crippen LogP contribution in [0.3, 0.4) is 0 Å². The van der Waals surface area contributed by atoms with Gasteiger partial charge in [0.15, 0.2) is 0 Å². The topological polar surface area (TPSA) is 37.3 Å². The molecule has 54 valence electrons. The number of alkyl halides is 1. The molecule has 0 amide bonds. The van der Waals surface area contributed by atoms with E-state index in [1.165, 1.54) is 0 Å². The van der Waals surface area contributed by atoms with Crippen molar-refractivity contribution in [2.45, 2.75) is 20.0 Å². The van der Waals surface area contributed by atoms with Crippen LogP contribution >= 0.6 is 11.6 Å². The first-order valence-corrected chi connectivity index (χ1v) is 3.28. The van der Waals surface area contributed by atoms with E-state index >= 15 is 0 Å². The Morgan fingerprint density at radius 3 is 2.33 bits per heavy atom. The van der Waals surface area contributed by atoms with Crippen LogP contribution in [0, 0.1) is 5.41 Å². The Morgan fingerprint density at radius 1 is 1.78 bits per heavy atom. The maximum absolute atomic E-state index is 10.2. The van der Waals surface area contributed by atoms with Gasteiger partial charge in [0.2, 0.25) is 0 Å². The molecule has 0 aliphatic heterocycles. The van der Waals surface area contributed by atoms with E-state index in [0.29, 0.717) is 6.29 Å². The zero-order valence-electron chi connectivity index (χ0n) is 5.60. The molecule has 0 aliphatic rings. The maximum Gasteiger partial charge on any atom is 0.128 e. The lowest BCUT2D eigenvalue weighted by atomic mass is 9.90. The summed E-state index contributed by atoms with van der Waals surface area (Å²) < 4.78 is 0. The fraction of sp³-hybridized carbons (Fsp3) is 0.833. The second-order valence-corrected chi connectivity index (χ2v) is 2.92. The monoisotopic (exact) mass is 150 g/mol. The Morgan fingerprint density at radius 2 is 2.22 bits per heavy atom. The zero-order chi connectivity index (χ0) is 7.49. The van der Waals surface area contributed by atoms with Gasteiger partial charge in [0.05, 0.1) is 6.10 Å². The summed E-state index contributed by atoms with van der Waals surface area (Å²) in [7, 11) is 0. The highest BCUT2D eigenvalue weighted by Crippen LogP contribution is 2.17. The first-order chi connectivity index (χ1) is 4.04. The molecule has 0 rings (SSSR count). The van der Waals surface area contributed by atoms with E-state index < -0.39 is 11.5 Å². The molecule has 0 aromatic carbocycles. The number of hydrogen-bond acceptors (Lipinski definition) is 2. The van der Waals surface area contributed by atoms with Crippen molar-refractivity contribution < 1.29 is 9.90 Å². The largest absolute Gasteiger partial charge is 0.391 e. The van der Waals surface area contributed by atoms with Crippen molar-refractivity contribution in [2.75, 3.05) is 5.88 Å². The van der Waals surface area contributed by atoms with Crippen LogP contribution in [0.4, 0.5) is 0 Å². The average Bonchev–Trinajstić information content (AvgIpc) is 1.86. The van der Waals surface area contributed by atoms with Gasteiger partial charge in [0.1, 0.15) is 6.29 Å². The number of carbonyl (C=O) groups is 1. The van der Waals surface area contributed by atoms with E-state index in [9.17, 15) is 4.79 Å². The lowest BCUT2D eigenvalue weighted by Crippen LogP contribution is -2.31. The van der Waals surface area contributed by atoms with Gasteiger partial charge < -0.3 is 9.90 Å². The van der Waals surface area contributed by atoms with E-state index in [2.05, 4.69) is 0 Å². The Labute approximate surface area is 59.8 Å². The van der Waals surface area contributed by atoms with Gasteiger partial charge in [-0.05, 0) is 0 Å². The van der Waals surface area contributed by atoms with Crippen LogP contribution in [0.1, 0.15) is 13.8 Å². The molecule has 9 heavy (non-hydrogen) atoms. The van der Waals surface area contributed by atoms with Crippen LogP contribution in [0.15, 0.2) is 0 Å². The summed E-state index contributed by atoms with van der Waals surface area (Å²) in [5.41, 5.74) is -0.707. The molecular formula is C6H11ClO2. The number of aliphatic hydroxyl groups is 1. The lowest BCUT2D eigenvalue weighted by Gasteiger charge is -2.21. The first-order valence-electron chi connectivity index (χ1n) is 2.75. The Balaban J connectivity index is 3.95. The summed E-state index contributed by atoms with van der Waals surface area (Å²) in [6.07, 6.45) is -0.0308. The summed E-state index contributed by atoms with van der Waals surface area (Å²) in [6.45, 7) is 3.29. The van der Waals surface area contributed by atoms with Crippen molar-refractivity contribution in [3.8, 4) is 0 Å². The summed E-state index contributed by atoms with van der Waals surface area (Å²) in [5.74, 6) is 0.103. The Hall–Kier alpha value is -0.0800. The number of carbonyl (C=O) groups excluding carboxylic acids is 1. The smallest absolute Gasteiger partial charge is 0.128 e. The molecule has 0 saturated carbocycles. The Bertz CT molecular complexity index is 101. The normalized spacial score (nSPS) is 15.1. The second-order valence-electron chi connectivity index (χ2n) is 2.61. The molecule has 1 atom stereocenters. The van der Waals surface area contributed by atoms with Crippen molar-refractivity contribution in [3.63, 3.8) is 0 Å². The van der Waals surface area contributed by atoms with E-state index in [4.69, 9.17) is 16.7 Å². The minimum Gasteiger partial charge on any atom is -0.391 e. The highest BCUT2D eigenvalue weighted by Gasteiger charge is 2.25. The quantitative estimate of drug-likeness (QED) is 0.478. The lowest BCUT2D eigenvalue weighted by molar-refractivity contribution is -0.119. The summed E-state index contributed by atoms with van der Waals surface area (Å²) >= 11 is 5.31. The summed E-state index contributed by atoms with van der Waals surface area (Å²) in [6, 6.07) is 0. The minimum absolute atomic E-state index is 0.103. The van der Waals surface area contributed by atoms with Crippen LogP contribution in [0.2, 0.25) is 0 Å². The predicted octanol–water partition coefficient (Wildman–Crippen LogP) is 0.811. The van der Waals surface area contributed by atoms with Gasteiger partial charge in [-0.1, -0.05) is 13.8 Å². The number of aldehydes is 1. The van der Waals surface area contributed by atoms with E-state index in [1.54, 1.807) is 13.8 Å². The molecule has 3 heteroatoms. The van der Waals surface area contributed by atoms with E-state index in [1.807, 2.05) is 0 Å². The first kappa shape index (κ1) is 8.92. The van der Waals surface area contributed by atoms with Crippen LogP contribution in [0.5, 0.6) is 0 Å². The summed E-state index contributed by atoms with van der Waals surface area (Å²) in [5, 5.41) is 9.02. The van der Waals surface area contributed by atoms with Crippen molar-refractivity contribution in [2.24, 2.45) is 5.41 Å². The van der Waals surface area contributed by atoms with Crippen molar-refractivity contribution in [1.82, 2.24) is 0 Å². The van der Waals surface area contributed by atoms with Crippen LogP contribution < -0.4 is 0 Å². The maximum atomic E-state index is 10.2. The third-order valence-corrected chi connectivity index (χ3v) is 1.60. The molecule has 1 unspecified atom stereocenters. The molecular weight excluding hydrogens is 140 g/mol. The van der Waals surface area contributed by atoms with Crippen LogP contribution in [0.25, 0.3) is 0 Å². The van der Waals surface area contributed by atoms with Crippen molar-refractivity contribution >= 4 is 17.9 Å². The molecule has 2 nitrogen and oxygen atoms in total. The van der Waals surface area contributed by atoms with Gasteiger partial charge in [0.25, 0.3) is 0 Å². The van der Waals surface area contributed by atoms with Crippen molar-refractivity contribution in [1.29, 1.82) is 0 Å². The molecule has 0 aromatic rings. The molecule has 0 aromatic heterocycles. The molecule has 0 bridgehead atoms. The van der Waals surface area contributed by atoms with Crippen LogP contribution in [-0.4, -0.2) is 23.4 Å². The molecule has 0 heterocycles. The van der Waals surface area contributed by atoms with Crippen molar-refractivity contribution in [3.05, 3.63) is 0 Å². The van der Waals surface area contributed by atoms with Gasteiger partial charge in [-0.3, -0.25) is 0 Å². The molecule has 1 N–H and O–H groups in total. The third kappa shape index (κ3) is 2.33.